The molecule has 0 radical (unpaired) electrons. The standard InChI is InChI=1S/C13H15ClN4OS/c1-13(4-5-15-12(13)19)9-6-11(18-17-9)16-7-8-2-3-10(14)20-8/h2-3,6H,4-5,7H2,1H3,(H,15,19)(H2,16,17,18). The molecule has 1 saturated heterocycles. The molecule has 3 rings (SSSR count). The number of H-pyrrole nitrogens is 1. The van der Waals surface area contributed by atoms with Crippen LogP contribution in [-0.4, -0.2) is 22.6 Å². The summed E-state index contributed by atoms with van der Waals surface area (Å²) in [4.78, 5) is 13.0. The average molecular weight is 311 g/mol. The van der Waals surface area contributed by atoms with Crippen LogP contribution in [0.3, 0.4) is 0 Å². The fourth-order valence-electron chi connectivity index (χ4n) is 2.31. The fraction of sp³-hybridized carbons (Fsp3) is 0.385. The Balaban J connectivity index is 1.69. The van der Waals surface area contributed by atoms with Crippen molar-refractivity contribution < 1.29 is 4.79 Å². The number of nitrogens with one attached hydrogen (secondary N) is 3. The summed E-state index contributed by atoms with van der Waals surface area (Å²) in [6.45, 7) is 3.32. The predicted octanol–water partition coefficient (Wildman–Crippen LogP) is 2.51. The third-order valence-corrected chi connectivity index (χ3v) is 4.89. The molecule has 0 saturated carbocycles. The molecule has 1 aliphatic rings. The summed E-state index contributed by atoms with van der Waals surface area (Å²) in [6, 6.07) is 5.77. The van der Waals surface area contributed by atoms with Gasteiger partial charge in [-0.25, -0.2) is 0 Å². The molecule has 0 aliphatic carbocycles. The lowest BCUT2D eigenvalue weighted by Gasteiger charge is -2.17. The van der Waals surface area contributed by atoms with Gasteiger partial charge < -0.3 is 10.6 Å². The van der Waals surface area contributed by atoms with Crippen molar-refractivity contribution in [3.8, 4) is 0 Å². The highest BCUT2D eigenvalue weighted by Crippen LogP contribution is 2.31. The van der Waals surface area contributed by atoms with E-state index in [-0.39, 0.29) is 5.91 Å². The minimum Gasteiger partial charge on any atom is -0.364 e. The van der Waals surface area contributed by atoms with E-state index >= 15 is 0 Å². The second-order valence-electron chi connectivity index (χ2n) is 5.06. The Labute approximate surface area is 125 Å². The third kappa shape index (κ3) is 2.41. The molecule has 0 bridgehead atoms. The van der Waals surface area contributed by atoms with Crippen LogP contribution in [0.15, 0.2) is 18.2 Å². The minimum absolute atomic E-state index is 0.0535. The second kappa shape index (κ2) is 5.10. The van der Waals surface area contributed by atoms with Gasteiger partial charge in [0, 0.05) is 17.5 Å². The van der Waals surface area contributed by atoms with Crippen molar-refractivity contribution in [3.63, 3.8) is 0 Å². The summed E-state index contributed by atoms with van der Waals surface area (Å²) < 4.78 is 0.777. The van der Waals surface area contributed by atoms with Crippen LogP contribution in [0.4, 0.5) is 5.82 Å². The summed E-state index contributed by atoms with van der Waals surface area (Å²) in [7, 11) is 0. The molecule has 7 heteroatoms. The molecule has 1 aliphatic heterocycles. The molecule has 1 fully saturated rings. The monoisotopic (exact) mass is 310 g/mol. The van der Waals surface area contributed by atoms with E-state index in [4.69, 9.17) is 11.6 Å². The molecular weight excluding hydrogens is 296 g/mol. The van der Waals surface area contributed by atoms with E-state index in [0.717, 1.165) is 27.1 Å². The topological polar surface area (TPSA) is 69.8 Å². The number of hydrogen-bond donors (Lipinski definition) is 3. The summed E-state index contributed by atoms with van der Waals surface area (Å²) >= 11 is 7.43. The zero-order valence-electron chi connectivity index (χ0n) is 11.0. The van der Waals surface area contributed by atoms with Gasteiger partial charge >= 0.3 is 0 Å². The Morgan fingerprint density at radius 3 is 3.05 bits per heavy atom. The number of nitrogens with zero attached hydrogens (tertiary/aromatic N) is 1. The first-order chi connectivity index (χ1) is 9.58. The molecule has 1 amide bonds. The molecule has 106 valence electrons. The number of carbonyl (C=O) groups is 1. The molecule has 20 heavy (non-hydrogen) atoms. The number of aromatic nitrogens is 2. The van der Waals surface area contributed by atoms with Crippen molar-refractivity contribution in [1.82, 2.24) is 15.5 Å². The Morgan fingerprint density at radius 2 is 2.40 bits per heavy atom. The number of anilines is 1. The van der Waals surface area contributed by atoms with Crippen LogP contribution in [0, 0.1) is 0 Å². The molecule has 3 heterocycles. The Morgan fingerprint density at radius 1 is 1.55 bits per heavy atom. The first-order valence-corrected chi connectivity index (χ1v) is 7.60. The molecule has 1 atom stereocenters. The highest BCUT2D eigenvalue weighted by molar-refractivity contribution is 7.16. The van der Waals surface area contributed by atoms with Gasteiger partial charge in [-0.2, -0.15) is 5.10 Å². The van der Waals surface area contributed by atoms with Crippen LogP contribution in [0.5, 0.6) is 0 Å². The third-order valence-electron chi connectivity index (χ3n) is 3.66. The summed E-state index contributed by atoms with van der Waals surface area (Å²) in [5, 5.41) is 13.3. The maximum Gasteiger partial charge on any atom is 0.232 e. The fourth-order valence-corrected chi connectivity index (χ4v) is 3.34. The van der Waals surface area contributed by atoms with Crippen LogP contribution in [-0.2, 0) is 16.8 Å². The quantitative estimate of drug-likeness (QED) is 0.812. The number of hydrogen-bond acceptors (Lipinski definition) is 4. The van der Waals surface area contributed by atoms with E-state index < -0.39 is 5.41 Å². The van der Waals surface area contributed by atoms with Gasteiger partial charge in [0.1, 0.15) is 5.82 Å². The van der Waals surface area contributed by atoms with Crippen molar-refractivity contribution in [1.29, 1.82) is 0 Å². The van der Waals surface area contributed by atoms with E-state index in [0.29, 0.717) is 13.1 Å². The highest BCUT2D eigenvalue weighted by atomic mass is 35.5. The summed E-state index contributed by atoms with van der Waals surface area (Å²) in [5.41, 5.74) is 0.346. The molecule has 3 N–H and O–H groups in total. The van der Waals surface area contributed by atoms with Gasteiger partial charge in [0.05, 0.1) is 22.0 Å². The molecule has 2 aromatic rings. The van der Waals surface area contributed by atoms with Crippen LogP contribution in [0.25, 0.3) is 0 Å². The SMILES string of the molecule is CC1(c2cc(NCc3ccc(Cl)s3)n[nH]2)CCNC1=O. The number of rotatable bonds is 4. The normalized spacial score (nSPS) is 22.0. The lowest BCUT2D eigenvalue weighted by Crippen LogP contribution is -2.32. The Bertz CT molecular complexity index is 638. The van der Waals surface area contributed by atoms with Crippen LogP contribution < -0.4 is 10.6 Å². The zero-order chi connectivity index (χ0) is 14.2. The van der Waals surface area contributed by atoms with E-state index in [9.17, 15) is 4.79 Å². The van der Waals surface area contributed by atoms with E-state index in [1.807, 2.05) is 25.1 Å². The minimum atomic E-state index is -0.501. The van der Waals surface area contributed by atoms with Crippen LogP contribution in [0.2, 0.25) is 4.34 Å². The van der Waals surface area contributed by atoms with E-state index in [1.54, 1.807) is 0 Å². The zero-order valence-corrected chi connectivity index (χ0v) is 12.6. The predicted molar refractivity (Wildman–Crippen MR) is 80.2 cm³/mol. The van der Waals surface area contributed by atoms with Gasteiger partial charge in [-0.1, -0.05) is 11.6 Å². The molecule has 1 unspecified atom stereocenters. The number of carbonyl (C=O) groups excluding carboxylic acids is 1. The second-order valence-corrected chi connectivity index (χ2v) is 6.86. The molecule has 0 aromatic carbocycles. The van der Waals surface area contributed by atoms with Gasteiger partial charge in [-0.15, -0.1) is 11.3 Å². The van der Waals surface area contributed by atoms with E-state index in [1.165, 1.54) is 11.3 Å². The molecular formula is C13H15ClN4OS. The maximum absolute atomic E-state index is 11.9. The first kappa shape index (κ1) is 13.5. The van der Waals surface area contributed by atoms with Gasteiger partial charge in [0.25, 0.3) is 0 Å². The average Bonchev–Trinajstić information content (AvgIpc) is 3.10. The maximum atomic E-state index is 11.9. The Hall–Kier alpha value is -1.53. The Kier molecular flexibility index (Phi) is 3.43. The lowest BCUT2D eigenvalue weighted by atomic mass is 9.85. The summed E-state index contributed by atoms with van der Waals surface area (Å²) in [5.74, 6) is 0.795. The van der Waals surface area contributed by atoms with Crippen molar-refractivity contribution in [2.45, 2.75) is 25.3 Å². The van der Waals surface area contributed by atoms with E-state index in [2.05, 4.69) is 20.8 Å². The van der Waals surface area contributed by atoms with Crippen molar-refractivity contribution in [3.05, 3.63) is 33.1 Å². The molecule has 2 aromatic heterocycles. The number of halogens is 1. The molecule has 0 spiro atoms. The van der Waals surface area contributed by atoms with Crippen LogP contribution >= 0.6 is 22.9 Å². The summed E-state index contributed by atoms with van der Waals surface area (Å²) in [6.07, 6.45) is 0.786. The largest absolute Gasteiger partial charge is 0.364 e. The highest BCUT2D eigenvalue weighted by Gasteiger charge is 2.40. The van der Waals surface area contributed by atoms with Crippen molar-refractivity contribution >= 4 is 34.7 Å². The van der Waals surface area contributed by atoms with Gasteiger partial charge in [-0.05, 0) is 25.5 Å². The lowest BCUT2D eigenvalue weighted by molar-refractivity contribution is -0.123. The molecule has 5 nitrogen and oxygen atoms in total. The first-order valence-electron chi connectivity index (χ1n) is 6.40. The van der Waals surface area contributed by atoms with Gasteiger partial charge in [-0.3, -0.25) is 9.89 Å². The van der Waals surface area contributed by atoms with Crippen molar-refractivity contribution in [2.75, 3.05) is 11.9 Å². The van der Waals surface area contributed by atoms with Gasteiger partial charge in [0.15, 0.2) is 0 Å². The number of thiophene rings is 1. The van der Waals surface area contributed by atoms with Crippen LogP contribution in [0.1, 0.15) is 23.9 Å². The number of amides is 1. The van der Waals surface area contributed by atoms with Crippen molar-refractivity contribution in [2.24, 2.45) is 0 Å². The number of aromatic amines is 1. The smallest absolute Gasteiger partial charge is 0.232 e. The van der Waals surface area contributed by atoms with Gasteiger partial charge in [0.2, 0.25) is 5.91 Å².